The minimum Gasteiger partial charge on any atom is -0.379 e. The van der Waals surface area contributed by atoms with Gasteiger partial charge in [0, 0.05) is 13.0 Å². The second-order valence-corrected chi connectivity index (χ2v) is 5.99. The summed E-state index contributed by atoms with van der Waals surface area (Å²) in [6.07, 6.45) is 3.35. The van der Waals surface area contributed by atoms with Crippen molar-refractivity contribution in [3.8, 4) is 0 Å². The van der Waals surface area contributed by atoms with E-state index in [1.165, 1.54) is 0 Å². The number of aliphatic hydroxyl groups excluding tert-OH is 3. The molecule has 0 saturated heterocycles. The summed E-state index contributed by atoms with van der Waals surface area (Å²) in [6.45, 7) is 3.82. The highest BCUT2D eigenvalue weighted by Crippen LogP contribution is 2.01. The van der Waals surface area contributed by atoms with E-state index in [-0.39, 0.29) is 5.91 Å². The van der Waals surface area contributed by atoms with Gasteiger partial charge in [0.25, 0.3) is 0 Å². The smallest absolute Gasteiger partial charge is 0.220 e. The van der Waals surface area contributed by atoms with Crippen molar-refractivity contribution in [2.75, 3.05) is 19.6 Å². The number of nitrogens with two attached hydrogens (primary N) is 1. The Morgan fingerprint density at radius 2 is 1.46 bits per heavy atom. The highest BCUT2D eigenvalue weighted by molar-refractivity contribution is 5.75. The first-order chi connectivity index (χ1) is 11.5. The van der Waals surface area contributed by atoms with Crippen molar-refractivity contribution in [3.63, 3.8) is 0 Å². The molecule has 24 heavy (non-hydrogen) atoms. The van der Waals surface area contributed by atoms with Crippen LogP contribution in [0.4, 0.5) is 0 Å². The molecule has 0 aromatic heterocycles. The zero-order chi connectivity index (χ0) is 18.2. The quantitative estimate of drug-likeness (QED) is 0.145. The van der Waals surface area contributed by atoms with Crippen LogP contribution in [-0.2, 0) is 4.79 Å². The van der Waals surface area contributed by atoms with Gasteiger partial charge in [-0.3, -0.25) is 15.4 Å². The number of rotatable bonds is 16. The summed E-state index contributed by atoms with van der Waals surface area (Å²) in [6, 6.07) is 0. The van der Waals surface area contributed by atoms with Gasteiger partial charge in [-0.15, -0.1) is 0 Å². The molecule has 0 heterocycles. The molecule has 0 radical (unpaired) electrons. The Kier molecular flexibility index (Phi) is 15.2. The predicted molar refractivity (Wildman–Crippen MR) is 93.8 cm³/mol. The maximum Gasteiger partial charge on any atom is 0.220 e. The number of carbonyl (C=O) groups excluding carboxylic acids is 1. The summed E-state index contributed by atoms with van der Waals surface area (Å²) in [4.78, 5) is 11.3. The molecule has 0 spiro atoms. The molecule has 144 valence electrons. The van der Waals surface area contributed by atoms with Crippen LogP contribution in [0.2, 0.25) is 0 Å². The summed E-state index contributed by atoms with van der Waals surface area (Å²) < 4.78 is 0. The van der Waals surface area contributed by atoms with Gasteiger partial charge >= 0.3 is 0 Å². The van der Waals surface area contributed by atoms with Crippen LogP contribution in [0.15, 0.2) is 0 Å². The molecule has 0 aliphatic carbocycles. The molecule has 0 aliphatic heterocycles. The van der Waals surface area contributed by atoms with E-state index >= 15 is 0 Å². The first-order valence-corrected chi connectivity index (χ1v) is 8.99. The summed E-state index contributed by atoms with van der Waals surface area (Å²) in [5, 5.41) is 37.0. The Labute approximate surface area is 145 Å². The fourth-order valence-corrected chi connectivity index (χ4v) is 2.24. The fourth-order valence-electron chi connectivity index (χ4n) is 2.24. The maximum absolute atomic E-state index is 11.3. The molecule has 0 bridgehead atoms. The first-order valence-electron chi connectivity index (χ1n) is 8.99. The lowest BCUT2D eigenvalue weighted by Crippen LogP contribution is -2.32. The number of hydrogen-bond acceptors (Lipinski definition) is 7. The SMILES string of the molecule is CCNC(=O)CCC(O)NCCCCC(O)NCCCCC(N)O. The monoisotopic (exact) mass is 348 g/mol. The molecule has 0 aromatic rings. The van der Waals surface area contributed by atoms with Gasteiger partial charge in [0.1, 0.15) is 18.7 Å². The molecule has 8 N–H and O–H groups in total. The Morgan fingerprint density at radius 1 is 0.917 bits per heavy atom. The molecule has 0 aliphatic rings. The van der Waals surface area contributed by atoms with Gasteiger partial charge < -0.3 is 26.4 Å². The van der Waals surface area contributed by atoms with Crippen LogP contribution in [0.25, 0.3) is 0 Å². The largest absolute Gasteiger partial charge is 0.379 e. The lowest BCUT2D eigenvalue weighted by Gasteiger charge is -2.14. The van der Waals surface area contributed by atoms with E-state index in [9.17, 15) is 15.0 Å². The first kappa shape index (κ1) is 23.2. The van der Waals surface area contributed by atoms with Crippen LogP contribution in [0.3, 0.4) is 0 Å². The second kappa shape index (κ2) is 15.7. The van der Waals surface area contributed by atoms with E-state index in [1.807, 2.05) is 6.92 Å². The molecule has 8 nitrogen and oxygen atoms in total. The molecule has 3 unspecified atom stereocenters. The van der Waals surface area contributed by atoms with E-state index in [0.29, 0.717) is 45.3 Å². The van der Waals surface area contributed by atoms with Crippen molar-refractivity contribution in [3.05, 3.63) is 0 Å². The van der Waals surface area contributed by atoms with Crippen molar-refractivity contribution in [2.45, 2.75) is 77.0 Å². The summed E-state index contributed by atoms with van der Waals surface area (Å²) in [5.74, 6) is -0.0477. The van der Waals surface area contributed by atoms with Gasteiger partial charge in [-0.25, -0.2) is 0 Å². The third-order valence-electron chi connectivity index (χ3n) is 3.61. The molecule has 0 rings (SSSR count). The Morgan fingerprint density at radius 3 is 2.00 bits per heavy atom. The minimum atomic E-state index is -0.751. The predicted octanol–water partition coefficient (Wildman–Crippen LogP) is -0.664. The van der Waals surface area contributed by atoms with Crippen LogP contribution < -0.4 is 21.7 Å². The maximum atomic E-state index is 11.3. The van der Waals surface area contributed by atoms with Gasteiger partial charge in [-0.1, -0.05) is 0 Å². The Bertz CT molecular complexity index is 306. The van der Waals surface area contributed by atoms with E-state index in [4.69, 9.17) is 10.8 Å². The average molecular weight is 348 g/mol. The topological polar surface area (TPSA) is 140 Å². The van der Waals surface area contributed by atoms with E-state index < -0.39 is 18.7 Å². The summed E-state index contributed by atoms with van der Waals surface area (Å²) in [7, 11) is 0. The van der Waals surface area contributed by atoms with Gasteiger partial charge in [0.15, 0.2) is 0 Å². The van der Waals surface area contributed by atoms with Crippen LogP contribution in [0, 0.1) is 0 Å². The van der Waals surface area contributed by atoms with Gasteiger partial charge in [-0.05, 0) is 65.0 Å². The Balaban J connectivity index is 3.40. The van der Waals surface area contributed by atoms with Crippen LogP contribution in [-0.4, -0.2) is 59.5 Å². The van der Waals surface area contributed by atoms with E-state index in [0.717, 1.165) is 25.7 Å². The van der Waals surface area contributed by atoms with Crippen molar-refractivity contribution in [1.29, 1.82) is 0 Å². The van der Waals surface area contributed by atoms with Crippen LogP contribution in [0.1, 0.15) is 58.3 Å². The third kappa shape index (κ3) is 16.1. The number of unbranched alkanes of at least 4 members (excludes halogenated alkanes) is 2. The molecule has 0 aromatic carbocycles. The number of aliphatic hydroxyl groups is 3. The van der Waals surface area contributed by atoms with Gasteiger partial charge in [0.2, 0.25) is 5.91 Å². The molecule has 1 amide bonds. The molecular formula is C16H36N4O4. The third-order valence-corrected chi connectivity index (χ3v) is 3.61. The number of amides is 1. The molecule has 3 atom stereocenters. The lowest BCUT2D eigenvalue weighted by molar-refractivity contribution is -0.121. The molecule has 0 fully saturated rings. The van der Waals surface area contributed by atoms with E-state index in [2.05, 4.69) is 16.0 Å². The van der Waals surface area contributed by atoms with Crippen molar-refractivity contribution < 1.29 is 20.1 Å². The van der Waals surface area contributed by atoms with E-state index in [1.54, 1.807) is 0 Å². The molecular weight excluding hydrogens is 312 g/mol. The second-order valence-electron chi connectivity index (χ2n) is 5.99. The average Bonchev–Trinajstić information content (AvgIpc) is 2.52. The normalized spacial score (nSPS) is 15.0. The number of hydrogen-bond donors (Lipinski definition) is 7. The minimum absolute atomic E-state index is 0.0477. The standard InChI is InChI=1S/C16H36N4O4/c1-2-18-15(23)9-10-16(24)20-12-6-4-8-14(22)19-11-5-3-7-13(17)21/h13-14,16,19-22,24H,2-12,17H2,1H3,(H,18,23). The van der Waals surface area contributed by atoms with Crippen LogP contribution >= 0.6 is 0 Å². The lowest BCUT2D eigenvalue weighted by atomic mass is 10.2. The highest BCUT2D eigenvalue weighted by atomic mass is 16.3. The summed E-state index contributed by atoms with van der Waals surface area (Å²) >= 11 is 0. The van der Waals surface area contributed by atoms with Gasteiger partial charge in [0.05, 0.1) is 0 Å². The van der Waals surface area contributed by atoms with Crippen molar-refractivity contribution in [1.82, 2.24) is 16.0 Å². The van der Waals surface area contributed by atoms with Crippen molar-refractivity contribution in [2.24, 2.45) is 5.73 Å². The zero-order valence-corrected chi connectivity index (χ0v) is 14.8. The molecule has 0 saturated carbocycles. The van der Waals surface area contributed by atoms with Crippen molar-refractivity contribution >= 4 is 5.91 Å². The summed E-state index contributed by atoms with van der Waals surface area (Å²) in [5.41, 5.74) is 5.24. The Hall–Kier alpha value is -0.770. The molecule has 8 heteroatoms. The number of nitrogens with one attached hydrogen (secondary N) is 3. The van der Waals surface area contributed by atoms with Gasteiger partial charge in [-0.2, -0.15) is 0 Å². The van der Waals surface area contributed by atoms with Crippen LogP contribution in [0.5, 0.6) is 0 Å². The fraction of sp³-hybridized carbons (Fsp3) is 0.938. The number of carbonyl (C=O) groups is 1. The highest BCUT2D eigenvalue weighted by Gasteiger charge is 2.07. The zero-order valence-electron chi connectivity index (χ0n) is 14.8.